The maximum absolute atomic E-state index is 11.3. The van der Waals surface area contributed by atoms with Gasteiger partial charge in [-0.05, 0) is 43.2 Å². The number of carbonyl (C=O) groups excluding carboxylic acids is 1. The van der Waals surface area contributed by atoms with Gasteiger partial charge < -0.3 is 4.74 Å². The Morgan fingerprint density at radius 1 is 1.42 bits per heavy atom. The SMILES string of the molecule is CC1CCC(OCc2ccc(C(=O)NN)s2)CC1C. The average molecular weight is 282 g/mol. The molecule has 1 aromatic heterocycles. The molecule has 1 saturated carbocycles. The number of ether oxygens (including phenoxy) is 1. The van der Waals surface area contributed by atoms with Crippen LogP contribution in [-0.4, -0.2) is 12.0 Å². The molecule has 1 amide bonds. The number of hydrogen-bond donors (Lipinski definition) is 2. The van der Waals surface area contributed by atoms with Crippen molar-refractivity contribution in [3.05, 3.63) is 21.9 Å². The topological polar surface area (TPSA) is 64.3 Å². The Morgan fingerprint density at radius 2 is 2.21 bits per heavy atom. The number of amides is 1. The van der Waals surface area contributed by atoms with E-state index in [0.717, 1.165) is 29.6 Å². The standard InChI is InChI=1S/C14H22N2O2S/c1-9-3-4-11(7-10(9)2)18-8-12-5-6-13(19-12)14(17)16-15/h5-6,9-11H,3-4,7-8,15H2,1-2H3,(H,16,17). The second-order valence-corrected chi connectivity index (χ2v) is 6.61. The number of nitrogens with one attached hydrogen (secondary N) is 1. The lowest BCUT2D eigenvalue weighted by Crippen LogP contribution is -2.29. The molecule has 106 valence electrons. The Kier molecular flexibility index (Phi) is 4.96. The van der Waals surface area contributed by atoms with Crippen molar-refractivity contribution >= 4 is 17.2 Å². The predicted octanol–water partition coefficient (Wildman–Crippen LogP) is 2.69. The normalized spacial score (nSPS) is 27.2. The molecule has 3 N–H and O–H groups in total. The van der Waals surface area contributed by atoms with E-state index in [1.807, 2.05) is 6.07 Å². The third-order valence-electron chi connectivity index (χ3n) is 4.03. The minimum atomic E-state index is -0.239. The summed E-state index contributed by atoms with van der Waals surface area (Å²) in [5.74, 6) is 6.41. The van der Waals surface area contributed by atoms with Crippen molar-refractivity contribution in [1.82, 2.24) is 5.43 Å². The molecule has 0 aromatic carbocycles. The maximum Gasteiger partial charge on any atom is 0.275 e. The molecular weight excluding hydrogens is 260 g/mol. The summed E-state index contributed by atoms with van der Waals surface area (Å²) in [6.07, 6.45) is 3.90. The van der Waals surface area contributed by atoms with Gasteiger partial charge in [-0.1, -0.05) is 13.8 Å². The molecule has 0 saturated heterocycles. The van der Waals surface area contributed by atoms with E-state index in [1.54, 1.807) is 6.07 Å². The summed E-state index contributed by atoms with van der Waals surface area (Å²) in [6.45, 7) is 5.21. The molecule has 1 aromatic rings. The number of carbonyl (C=O) groups is 1. The fourth-order valence-corrected chi connectivity index (χ4v) is 3.33. The zero-order chi connectivity index (χ0) is 13.8. The smallest absolute Gasteiger partial charge is 0.275 e. The number of rotatable bonds is 4. The molecule has 19 heavy (non-hydrogen) atoms. The molecule has 3 unspecified atom stereocenters. The van der Waals surface area contributed by atoms with E-state index in [9.17, 15) is 4.79 Å². The van der Waals surface area contributed by atoms with Crippen LogP contribution in [0.3, 0.4) is 0 Å². The molecule has 0 aliphatic heterocycles. The molecule has 0 spiro atoms. The van der Waals surface area contributed by atoms with Gasteiger partial charge in [-0.3, -0.25) is 10.2 Å². The number of thiophene rings is 1. The van der Waals surface area contributed by atoms with Crippen molar-refractivity contribution < 1.29 is 9.53 Å². The first-order chi connectivity index (χ1) is 9.10. The van der Waals surface area contributed by atoms with E-state index in [2.05, 4.69) is 19.3 Å². The van der Waals surface area contributed by atoms with Crippen LogP contribution in [0.15, 0.2) is 12.1 Å². The van der Waals surface area contributed by atoms with Crippen molar-refractivity contribution in [1.29, 1.82) is 0 Å². The fourth-order valence-electron chi connectivity index (χ4n) is 2.50. The van der Waals surface area contributed by atoms with Gasteiger partial charge in [-0.15, -0.1) is 11.3 Å². The van der Waals surface area contributed by atoms with E-state index < -0.39 is 0 Å². The molecular formula is C14H22N2O2S. The minimum absolute atomic E-state index is 0.239. The number of nitrogens with two attached hydrogens (primary N) is 1. The predicted molar refractivity (Wildman–Crippen MR) is 76.7 cm³/mol. The second-order valence-electron chi connectivity index (χ2n) is 5.44. The molecule has 0 bridgehead atoms. The van der Waals surface area contributed by atoms with Crippen LogP contribution in [0, 0.1) is 11.8 Å². The second kappa shape index (κ2) is 6.50. The van der Waals surface area contributed by atoms with Gasteiger partial charge in [-0.2, -0.15) is 0 Å². The fraction of sp³-hybridized carbons (Fsp3) is 0.643. The highest BCUT2D eigenvalue weighted by atomic mass is 32.1. The van der Waals surface area contributed by atoms with Gasteiger partial charge in [0.2, 0.25) is 0 Å². The monoisotopic (exact) mass is 282 g/mol. The van der Waals surface area contributed by atoms with Gasteiger partial charge >= 0.3 is 0 Å². The molecule has 0 radical (unpaired) electrons. The van der Waals surface area contributed by atoms with Crippen LogP contribution in [0.2, 0.25) is 0 Å². The highest BCUT2D eigenvalue weighted by Crippen LogP contribution is 2.31. The lowest BCUT2D eigenvalue weighted by molar-refractivity contribution is -0.00633. The van der Waals surface area contributed by atoms with Crippen LogP contribution in [0.5, 0.6) is 0 Å². The number of hydrogen-bond acceptors (Lipinski definition) is 4. The van der Waals surface area contributed by atoms with Crippen molar-refractivity contribution in [2.24, 2.45) is 17.7 Å². The Morgan fingerprint density at radius 3 is 2.89 bits per heavy atom. The largest absolute Gasteiger partial charge is 0.373 e. The summed E-state index contributed by atoms with van der Waals surface area (Å²) >= 11 is 1.44. The summed E-state index contributed by atoms with van der Waals surface area (Å²) in [7, 11) is 0. The van der Waals surface area contributed by atoms with Crippen molar-refractivity contribution in [2.75, 3.05) is 0 Å². The Labute approximate surface area is 118 Å². The quantitative estimate of drug-likeness (QED) is 0.507. The first-order valence-corrected chi connectivity index (χ1v) is 7.63. The molecule has 2 rings (SSSR count). The van der Waals surface area contributed by atoms with E-state index in [-0.39, 0.29) is 5.91 Å². The van der Waals surface area contributed by atoms with Crippen LogP contribution in [0.25, 0.3) is 0 Å². The number of hydrazine groups is 1. The third kappa shape index (κ3) is 3.78. The van der Waals surface area contributed by atoms with Crippen molar-refractivity contribution in [3.63, 3.8) is 0 Å². The molecule has 4 nitrogen and oxygen atoms in total. The molecule has 5 heteroatoms. The Bertz CT molecular complexity index is 433. The van der Waals surface area contributed by atoms with Gasteiger partial charge in [0.15, 0.2) is 0 Å². The van der Waals surface area contributed by atoms with Crippen LogP contribution < -0.4 is 11.3 Å². The van der Waals surface area contributed by atoms with Gasteiger partial charge in [0.25, 0.3) is 5.91 Å². The van der Waals surface area contributed by atoms with Crippen LogP contribution in [0.1, 0.15) is 47.7 Å². The zero-order valence-electron chi connectivity index (χ0n) is 11.5. The number of nitrogen functional groups attached to an aromatic ring is 1. The zero-order valence-corrected chi connectivity index (χ0v) is 12.3. The Hall–Kier alpha value is -0.910. The molecule has 3 atom stereocenters. The first kappa shape index (κ1) is 14.5. The summed E-state index contributed by atoms with van der Waals surface area (Å²) in [4.78, 5) is 13.1. The van der Waals surface area contributed by atoms with Crippen LogP contribution >= 0.6 is 11.3 Å². The van der Waals surface area contributed by atoms with E-state index in [1.165, 1.54) is 17.8 Å². The van der Waals surface area contributed by atoms with Crippen molar-refractivity contribution in [3.8, 4) is 0 Å². The van der Waals surface area contributed by atoms with E-state index >= 15 is 0 Å². The summed E-state index contributed by atoms with van der Waals surface area (Å²) < 4.78 is 5.96. The van der Waals surface area contributed by atoms with Crippen LogP contribution in [-0.2, 0) is 11.3 Å². The third-order valence-corrected chi connectivity index (χ3v) is 5.09. The van der Waals surface area contributed by atoms with Crippen molar-refractivity contribution in [2.45, 2.75) is 45.8 Å². The molecule has 1 fully saturated rings. The highest BCUT2D eigenvalue weighted by molar-refractivity contribution is 7.14. The lowest BCUT2D eigenvalue weighted by Gasteiger charge is -2.31. The first-order valence-electron chi connectivity index (χ1n) is 6.81. The Balaban J connectivity index is 1.82. The van der Waals surface area contributed by atoms with Gasteiger partial charge in [0.1, 0.15) is 0 Å². The molecule has 1 aliphatic rings. The van der Waals surface area contributed by atoms with E-state index in [0.29, 0.717) is 17.6 Å². The minimum Gasteiger partial charge on any atom is -0.373 e. The lowest BCUT2D eigenvalue weighted by atomic mass is 9.80. The summed E-state index contributed by atoms with van der Waals surface area (Å²) in [5, 5.41) is 0. The van der Waals surface area contributed by atoms with Gasteiger partial charge in [-0.25, -0.2) is 5.84 Å². The molecule has 1 heterocycles. The summed E-state index contributed by atoms with van der Waals surface area (Å²) in [6, 6.07) is 3.72. The average Bonchev–Trinajstić information content (AvgIpc) is 2.88. The van der Waals surface area contributed by atoms with Gasteiger partial charge in [0.05, 0.1) is 17.6 Å². The maximum atomic E-state index is 11.3. The summed E-state index contributed by atoms with van der Waals surface area (Å²) in [5.41, 5.74) is 2.14. The highest BCUT2D eigenvalue weighted by Gasteiger charge is 2.25. The molecule has 1 aliphatic carbocycles. The van der Waals surface area contributed by atoms with E-state index in [4.69, 9.17) is 10.6 Å². The van der Waals surface area contributed by atoms with Gasteiger partial charge in [0, 0.05) is 4.88 Å². The van der Waals surface area contributed by atoms with Crippen LogP contribution in [0.4, 0.5) is 0 Å².